The predicted octanol–water partition coefficient (Wildman–Crippen LogP) is 3.84. The third kappa shape index (κ3) is 5.88. The molecule has 3 rings (SSSR count). The molecule has 9 nitrogen and oxygen atoms in total. The number of alkyl carbamates (subject to hydrolysis) is 1. The Morgan fingerprint density at radius 1 is 1.12 bits per heavy atom. The minimum absolute atomic E-state index is 0.211. The van der Waals surface area contributed by atoms with E-state index in [1.54, 1.807) is 44.4 Å². The van der Waals surface area contributed by atoms with Gasteiger partial charge in [0.2, 0.25) is 5.91 Å². The Labute approximate surface area is 192 Å². The molecule has 0 fully saturated rings. The molecule has 0 unspecified atom stereocenters. The van der Waals surface area contributed by atoms with Gasteiger partial charge in [-0.05, 0) is 63.9 Å². The first-order valence-corrected chi connectivity index (χ1v) is 10.6. The highest BCUT2D eigenvalue weighted by molar-refractivity contribution is 5.94. The first-order valence-electron chi connectivity index (χ1n) is 10.6. The van der Waals surface area contributed by atoms with Crippen LogP contribution >= 0.6 is 0 Å². The quantitative estimate of drug-likeness (QED) is 0.471. The van der Waals surface area contributed by atoms with Crippen molar-refractivity contribution in [3.8, 4) is 0 Å². The zero-order chi connectivity index (χ0) is 24.2. The number of anilines is 2. The maximum Gasteiger partial charge on any atom is 0.408 e. The van der Waals surface area contributed by atoms with E-state index in [2.05, 4.69) is 20.9 Å². The van der Waals surface area contributed by atoms with Crippen molar-refractivity contribution < 1.29 is 19.1 Å². The molecule has 174 valence electrons. The molecular formula is C24H29N5O4. The molecule has 0 aliphatic carbocycles. The molecule has 33 heavy (non-hydrogen) atoms. The van der Waals surface area contributed by atoms with Crippen LogP contribution in [0, 0.1) is 13.8 Å². The molecule has 0 saturated carbocycles. The third-order valence-corrected chi connectivity index (χ3v) is 4.91. The van der Waals surface area contributed by atoms with E-state index in [-0.39, 0.29) is 12.5 Å². The lowest BCUT2D eigenvalue weighted by Gasteiger charge is -2.20. The summed E-state index contributed by atoms with van der Waals surface area (Å²) < 4.78 is 6.90. The predicted molar refractivity (Wildman–Crippen MR) is 127 cm³/mol. The Hall–Kier alpha value is -3.88. The van der Waals surface area contributed by atoms with Gasteiger partial charge in [-0.15, -0.1) is 0 Å². The van der Waals surface area contributed by atoms with Gasteiger partial charge in [0.05, 0.1) is 11.4 Å². The number of rotatable bonds is 7. The maximum atomic E-state index is 12.4. The van der Waals surface area contributed by atoms with Crippen molar-refractivity contribution in [1.29, 1.82) is 0 Å². The van der Waals surface area contributed by atoms with Gasteiger partial charge in [0.25, 0.3) is 0 Å². The fraction of sp³-hybridized carbons (Fsp3) is 0.333. The normalized spacial score (nSPS) is 11.2. The van der Waals surface area contributed by atoms with Gasteiger partial charge in [0.1, 0.15) is 17.8 Å². The molecule has 1 aromatic carbocycles. The third-order valence-electron chi connectivity index (χ3n) is 4.91. The molecule has 0 saturated heterocycles. The number of aryl methyl sites for hydroxylation is 2. The van der Waals surface area contributed by atoms with E-state index in [1.165, 1.54) is 0 Å². The summed E-state index contributed by atoms with van der Waals surface area (Å²) in [5, 5.41) is 8.66. The number of benzene rings is 1. The first-order chi connectivity index (χ1) is 15.6. The number of nitrogens with one attached hydrogen (secondary N) is 3. The van der Waals surface area contributed by atoms with Crippen molar-refractivity contribution in [1.82, 2.24) is 14.7 Å². The van der Waals surface area contributed by atoms with Gasteiger partial charge in [-0.1, -0.05) is 12.1 Å². The van der Waals surface area contributed by atoms with E-state index in [0.717, 1.165) is 23.1 Å². The Bertz CT molecular complexity index is 1190. The van der Waals surface area contributed by atoms with E-state index in [9.17, 15) is 14.4 Å². The zero-order valence-corrected chi connectivity index (χ0v) is 19.5. The molecule has 3 N–H and O–H groups in total. The lowest BCUT2D eigenvalue weighted by atomic mass is 10.1. The molecule has 9 heteroatoms. The number of amides is 2. The van der Waals surface area contributed by atoms with Crippen LogP contribution in [0.5, 0.6) is 0 Å². The van der Waals surface area contributed by atoms with Crippen LogP contribution in [0.15, 0.2) is 36.5 Å². The van der Waals surface area contributed by atoms with Crippen LogP contribution < -0.4 is 16.0 Å². The molecule has 0 radical (unpaired) electrons. The topological polar surface area (TPSA) is 114 Å². The average molecular weight is 452 g/mol. The number of imidazole rings is 1. The number of hydrogen-bond acceptors (Lipinski definition) is 6. The lowest BCUT2D eigenvalue weighted by molar-refractivity contribution is -0.115. The Balaban J connectivity index is 1.72. The SMILES string of the molecule is Cc1cccc(NC(=O)CNC(=O)OC(C)(C)C)c1CNc1cccn2c(C=O)c(C)nc12. The van der Waals surface area contributed by atoms with Crippen molar-refractivity contribution in [3.63, 3.8) is 0 Å². The summed E-state index contributed by atoms with van der Waals surface area (Å²) in [5.74, 6) is -0.366. The molecule has 2 heterocycles. The highest BCUT2D eigenvalue weighted by atomic mass is 16.6. The summed E-state index contributed by atoms with van der Waals surface area (Å²) in [6.45, 7) is 9.22. The fourth-order valence-corrected chi connectivity index (χ4v) is 3.38. The number of nitrogens with zero attached hydrogens (tertiary/aromatic N) is 2. The molecule has 3 aromatic rings. The van der Waals surface area contributed by atoms with E-state index in [4.69, 9.17) is 4.74 Å². The van der Waals surface area contributed by atoms with Crippen LogP contribution in [0.3, 0.4) is 0 Å². The number of aromatic nitrogens is 2. The number of fused-ring (bicyclic) bond motifs is 1. The van der Waals surface area contributed by atoms with Crippen molar-refractivity contribution in [2.24, 2.45) is 0 Å². The van der Waals surface area contributed by atoms with Gasteiger partial charge in [-0.2, -0.15) is 0 Å². The zero-order valence-electron chi connectivity index (χ0n) is 19.5. The molecule has 0 aliphatic rings. The monoisotopic (exact) mass is 451 g/mol. The van der Waals surface area contributed by atoms with Gasteiger partial charge in [0, 0.05) is 18.4 Å². The van der Waals surface area contributed by atoms with E-state index >= 15 is 0 Å². The second-order valence-corrected chi connectivity index (χ2v) is 8.67. The second-order valence-electron chi connectivity index (χ2n) is 8.67. The number of hydrogen-bond donors (Lipinski definition) is 3. The highest BCUT2D eigenvalue weighted by Crippen LogP contribution is 2.24. The van der Waals surface area contributed by atoms with Crippen molar-refractivity contribution in [3.05, 3.63) is 59.0 Å². The van der Waals surface area contributed by atoms with Crippen LogP contribution in [0.1, 0.15) is 48.1 Å². The van der Waals surface area contributed by atoms with Crippen LogP contribution in [0.2, 0.25) is 0 Å². The number of ether oxygens (including phenoxy) is 1. The average Bonchev–Trinajstić information content (AvgIpc) is 3.06. The molecule has 2 amide bonds. The number of carbonyl (C=O) groups is 3. The van der Waals surface area contributed by atoms with Crippen LogP contribution in [-0.2, 0) is 16.1 Å². The lowest BCUT2D eigenvalue weighted by Crippen LogP contribution is -2.37. The second kappa shape index (κ2) is 9.72. The van der Waals surface area contributed by atoms with E-state index < -0.39 is 11.7 Å². The molecule has 2 aromatic heterocycles. The summed E-state index contributed by atoms with van der Waals surface area (Å²) in [6, 6.07) is 9.34. The van der Waals surface area contributed by atoms with E-state index in [0.29, 0.717) is 29.3 Å². The van der Waals surface area contributed by atoms with Gasteiger partial charge < -0.3 is 20.7 Å². The summed E-state index contributed by atoms with van der Waals surface area (Å²) in [6.07, 6.45) is 1.93. The smallest absolute Gasteiger partial charge is 0.408 e. The number of pyridine rings is 1. The first kappa shape index (κ1) is 23.8. The minimum atomic E-state index is -0.651. The van der Waals surface area contributed by atoms with Gasteiger partial charge in [0.15, 0.2) is 11.9 Å². The van der Waals surface area contributed by atoms with Crippen LogP contribution in [0.25, 0.3) is 5.65 Å². The Kier molecular flexibility index (Phi) is 7.01. The number of carbonyl (C=O) groups excluding carboxylic acids is 3. The summed E-state index contributed by atoms with van der Waals surface area (Å²) in [4.78, 5) is 40.1. The summed E-state index contributed by atoms with van der Waals surface area (Å²) in [7, 11) is 0. The minimum Gasteiger partial charge on any atom is -0.444 e. The maximum absolute atomic E-state index is 12.4. The van der Waals surface area contributed by atoms with Gasteiger partial charge in [-0.25, -0.2) is 9.78 Å². The largest absolute Gasteiger partial charge is 0.444 e. The summed E-state index contributed by atoms with van der Waals surface area (Å²) in [5.41, 5.74) is 4.45. The van der Waals surface area contributed by atoms with Gasteiger partial charge in [-0.3, -0.25) is 14.0 Å². The molecular weight excluding hydrogens is 422 g/mol. The van der Waals surface area contributed by atoms with Gasteiger partial charge >= 0.3 is 6.09 Å². The standard InChI is InChI=1S/C24H29N5O4/c1-15-8-6-9-18(28-21(31)13-26-23(32)33-24(3,4)5)17(15)12-25-19-10-7-11-29-20(14-30)16(2)27-22(19)29/h6-11,14,25H,12-13H2,1-5H3,(H,26,32)(H,28,31). The number of aldehydes is 1. The van der Waals surface area contributed by atoms with Crippen molar-refractivity contribution >= 4 is 35.3 Å². The van der Waals surface area contributed by atoms with Crippen LogP contribution in [0.4, 0.5) is 16.2 Å². The molecule has 0 atom stereocenters. The summed E-state index contributed by atoms with van der Waals surface area (Å²) >= 11 is 0. The Morgan fingerprint density at radius 3 is 2.55 bits per heavy atom. The van der Waals surface area contributed by atoms with Crippen LogP contribution in [-0.4, -0.2) is 39.8 Å². The van der Waals surface area contributed by atoms with Crippen molar-refractivity contribution in [2.75, 3.05) is 17.2 Å². The molecule has 0 bridgehead atoms. The molecule has 0 spiro atoms. The van der Waals surface area contributed by atoms with E-state index in [1.807, 2.05) is 31.2 Å². The Morgan fingerprint density at radius 2 is 1.85 bits per heavy atom. The molecule has 0 aliphatic heterocycles. The fourth-order valence-electron chi connectivity index (χ4n) is 3.38. The van der Waals surface area contributed by atoms with Crippen molar-refractivity contribution in [2.45, 2.75) is 46.8 Å². The highest BCUT2D eigenvalue weighted by Gasteiger charge is 2.17.